The van der Waals surface area contributed by atoms with Gasteiger partial charge in [-0.05, 0) is 13.3 Å². The Kier molecular flexibility index (Phi) is 4.16. The van der Waals surface area contributed by atoms with Crippen molar-refractivity contribution in [2.75, 3.05) is 19.8 Å². The Balaban J connectivity index is 2.32. The number of nitrogens with one attached hydrogen (secondary N) is 1. The Morgan fingerprint density at radius 1 is 1.37 bits per heavy atom. The first-order valence-electron chi connectivity index (χ1n) is 6.51. The van der Waals surface area contributed by atoms with Crippen LogP contribution in [-0.2, 0) is 15.5 Å². The first-order chi connectivity index (χ1) is 8.92. The SMILES string of the molecule is CCOc1n[nH]c(CC)c1[P+]1([O-])OCC(C)(C)CO1. The van der Waals surface area contributed by atoms with Crippen LogP contribution in [0.2, 0.25) is 0 Å². The summed E-state index contributed by atoms with van der Waals surface area (Å²) in [5, 5.41) is 7.35. The molecular formula is C12H21N2O4P. The van der Waals surface area contributed by atoms with E-state index in [-0.39, 0.29) is 5.41 Å². The third-order valence-corrected chi connectivity index (χ3v) is 4.89. The fourth-order valence-electron chi connectivity index (χ4n) is 1.85. The van der Waals surface area contributed by atoms with Crippen LogP contribution in [0, 0.1) is 5.41 Å². The van der Waals surface area contributed by atoms with E-state index in [1.165, 1.54) is 0 Å². The summed E-state index contributed by atoms with van der Waals surface area (Å²) >= 11 is 0. The van der Waals surface area contributed by atoms with Crippen LogP contribution in [-0.4, -0.2) is 30.0 Å². The molecule has 1 aliphatic heterocycles. The van der Waals surface area contributed by atoms with Crippen molar-refractivity contribution in [2.24, 2.45) is 5.41 Å². The van der Waals surface area contributed by atoms with Crippen molar-refractivity contribution in [3.8, 4) is 5.88 Å². The van der Waals surface area contributed by atoms with E-state index in [0.29, 0.717) is 37.4 Å². The van der Waals surface area contributed by atoms with E-state index in [1.54, 1.807) is 0 Å². The van der Waals surface area contributed by atoms with Crippen molar-refractivity contribution in [3.63, 3.8) is 0 Å². The van der Waals surface area contributed by atoms with Gasteiger partial charge in [0.05, 0.1) is 12.3 Å². The number of hydrogen-bond acceptors (Lipinski definition) is 5. The van der Waals surface area contributed by atoms with Gasteiger partial charge >= 0.3 is 0 Å². The van der Waals surface area contributed by atoms with E-state index in [9.17, 15) is 4.89 Å². The van der Waals surface area contributed by atoms with E-state index < -0.39 is 7.94 Å². The summed E-state index contributed by atoms with van der Waals surface area (Å²) in [7, 11) is -3.34. The topological polar surface area (TPSA) is 79.4 Å². The fraction of sp³-hybridized carbons (Fsp3) is 0.750. The van der Waals surface area contributed by atoms with Crippen molar-refractivity contribution >= 4 is 13.2 Å². The van der Waals surface area contributed by atoms with Crippen molar-refractivity contribution in [1.29, 1.82) is 0 Å². The molecule has 108 valence electrons. The van der Waals surface area contributed by atoms with Gasteiger partial charge in [-0.1, -0.05) is 20.8 Å². The quantitative estimate of drug-likeness (QED) is 0.842. The highest BCUT2D eigenvalue weighted by Crippen LogP contribution is 2.58. The molecule has 0 aliphatic carbocycles. The predicted molar refractivity (Wildman–Crippen MR) is 71.4 cm³/mol. The number of nitrogens with zero attached hydrogens (tertiary/aromatic N) is 1. The van der Waals surface area contributed by atoms with Crippen LogP contribution < -0.4 is 14.9 Å². The molecule has 19 heavy (non-hydrogen) atoms. The number of hydrogen-bond donors (Lipinski definition) is 1. The average molecular weight is 288 g/mol. The smallest absolute Gasteiger partial charge is 0.281 e. The van der Waals surface area contributed by atoms with Gasteiger partial charge in [0.15, 0.2) is 0 Å². The van der Waals surface area contributed by atoms with Crippen molar-refractivity contribution in [1.82, 2.24) is 10.2 Å². The first-order valence-corrected chi connectivity index (χ1v) is 8.06. The van der Waals surface area contributed by atoms with E-state index in [2.05, 4.69) is 10.2 Å². The zero-order chi connectivity index (χ0) is 14.1. The van der Waals surface area contributed by atoms with Gasteiger partial charge in [0.25, 0.3) is 13.8 Å². The summed E-state index contributed by atoms with van der Waals surface area (Å²) in [4.78, 5) is 12.9. The molecule has 0 unspecified atom stereocenters. The summed E-state index contributed by atoms with van der Waals surface area (Å²) in [6.45, 7) is 9.06. The molecule has 0 saturated carbocycles. The van der Waals surface area contributed by atoms with Gasteiger partial charge in [-0.25, -0.2) is 9.05 Å². The molecule has 1 aromatic rings. The molecule has 1 N–H and O–H groups in total. The zero-order valence-electron chi connectivity index (χ0n) is 11.9. The molecule has 2 heterocycles. The lowest BCUT2D eigenvalue weighted by Crippen LogP contribution is -2.40. The molecule has 1 saturated heterocycles. The molecule has 0 spiro atoms. The predicted octanol–water partition coefficient (Wildman–Crippen LogP) is 1.19. The van der Waals surface area contributed by atoms with Gasteiger partial charge in [-0.2, -0.15) is 0 Å². The van der Waals surface area contributed by atoms with Gasteiger partial charge in [0.2, 0.25) is 5.30 Å². The first kappa shape index (κ1) is 14.7. The number of H-pyrrole nitrogens is 1. The van der Waals surface area contributed by atoms with E-state index in [0.717, 1.165) is 5.69 Å². The molecule has 7 heteroatoms. The summed E-state index contributed by atoms with van der Waals surface area (Å²) in [5.74, 6) is 0.322. The van der Waals surface area contributed by atoms with E-state index >= 15 is 0 Å². The summed E-state index contributed by atoms with van der Waals surface area (Å²) in [5.41, 5.74) is 0.613. The molecule has 1 aliphatic rings. The minimum absolute atomic E-state index is 0.129. The Hall–Kier alpha value is -0.680. The van der Waals surface area contributed by atoms with Crippen LogP contribution in [0.4, 0.5) is 0 Å². The maximum Gasteiger partial charge on any atom is 0.281 e. The second kappa shape index (κ2) is 5.37. The largest absolute Gasteiger partial charge is 0.627 e. The highest BCUT2D eigenvalue weighted by Gasteiger charge is 2.47. The fourth-order valence-corrected chi connectivity index (χ4v) is 4.11. The van der Waals surface area contributed by atoms with Crippen molar-refractivity contribution < 1.29 is 18.7 Å². The molecule has 2 rings (SSSR count). The Bertz CT molecular complexity index is 437. The molecular weight excluding hydrogens is 267 g/mol. The van der Waals surface area contributed by atoms with Crippen LogP contribution in [0.25, 0.3) is 0 Å². The number of aryl methyl sites for hydroxylation is 1. The lowest BCUT2D eigenvalue weighted by atomic mass is 9.97. The number of aromatic nitrogens is 2. The van der Waals surface area contributed by atoms with Crippen LogP contribution in [0.3, 0.4) is 0 Å². The maximum atomic E-state index is 12.9. The van der Waals surface area contributed by atoms with Gasteiger partial charge in [0, 0.05) is 5.41 Å². The van der Waals surface area contributed by atoms with Gasteiger partial charge in [0.1, 0.15) is 13.2 Å². The van der Waals surface area contributed by atoms with Gasteiger partial charge < -0.3 is 9.63 Å². The lowest BCUT2D eigenvalue weighted by Gasteiger charge is -2.37. The van der Waals surface area contributed by atoms with Crippen LogP contribution >= 0.6 is 7.94 Å². The summed E-state index contributed by atoms with van der Waals surface area (Å²) in [6, 6.07) is 0. The van der Waals surface area contributed by atoms with Crippen LogP contribution in [0.5, 0.6) is 5.88 Å². The summed E-state index contributed by atoms with van der Waals surface area (Å²) < 4.78 is 16.5. The van der Waals surface area contributed by atoms with Crippen LogP contribution in [0.15, 0.2) is 0 Å². The van der Waals surface area contributed by atoms with E-state index in [4.69, 9.17) is 13.8 Å². The highest BCUT2D eigenvalue weighted by molar-refractivity contribution is 7.67. The second-order valence-electron chi connectivity index (χ2n) is 5.35. The highest BCUT2D eigenvalue weighted by atomic mass is 31.2. The van der Waals surface area contributed by atoms with Gasteiger partial charge in [-0.15, -0.1) is 5.10 Å². The van der Waals surface area contributed by atoms with Crippen molar-refractivity contribution in [3.05, 3.63) is 5.69 Å². The monoisotopic (exact) mass is 288 g/mol. The molecule has 1 aromatic heterocycles. The molecule has 0 amide bonds. The second-order valence-corrected chi connectivity index (χ2v) is 7.31. The molecule has 1 fully saturated rings. The summed E-state index contributed by atoms with van der Waals surface area (Å²) in [6.07, 6.45) is 0.662. The third-order valence-electron chi connectivity index (χ3n) is 2.94. The maximum absolute atomic E-state index is 12.9. The average Bonchev–Trinajstić information content (AvgIpc) is 2.78. The Morgan fingerprint density at radius 2 is 2.00 bits per heavy atom. The number of rotatable bonds is 4. The normalized spacial score (nSPS) is 21.3. The molecule has 0 bridgehead atoms. The third kappa shape index (κ3) is 2.92. The molecule has 6 nitrogen and oxygen atoms in total. The molecule has 0 atom stereocenters. The molecule has 0 radical (unpaired) electrons. The zero-order valence-corrected chi connectivity index (χ0v) is 12.8. The number of ether oxygens (including phenoxy) is 1. The minimum Gasteiger partial charge on any atom is -0.627 e. The standard InChI is InChI=1S/C12H21N2O4P/c1-5-9-10(11(14-13-9)16-6-2)19(15)17-7-12(3,4)8-18-19/h5-8H2,1-4H3,(H,13,14). The van der Waals surface area contributed by atoms with Gasteiger partial charge in [-0.3, -0.25) is 5.10 Å². The Labute approximate surface area is 114 Å². The van der Waals surface area contributed by atoms with Crippen LogP contribution in [0.1, 0.15) is 33.4 Å². The minimum atomic E-state index is -3.34. The van der Waals surface area contributed by atoms with Crippen molar-refractivity contribution in [2.45, 2.75) is 34.1 Å². The Morgan fingerprint density at radius 3 is 2.53 bits per heavy atom. The number of aromatic amines is 1. The lowest BCUT2D eigenvalue weighted by molar-refractivity contribution is -0.227. The van der Waals surface area contributed by atoms with E-state index in [1.807, 2.05) is 27.7 Å². The molecule has 0 aromatic carbocycles.